The molecule has 0 aliphatic carbocycles. The molecule has 0 aromatic rings. The number of nitrogens with one attached hydrogen (secondary N) is 2. The second-order valence-electron chi connectivity index (χ2n) is 23.9. The Morgan fingerprint density at radius 3 is 1.04 bits per heavy atom. The molecule has 0 spiro atoms. The quantitative estimate of drug-likeness (QED) is 0.0479. The Bertz CT molecular complexity index is 2350. The fraction of sp³-hybridized carbons (Fsp3) is 0.962. The molecule has 41 heteroatoms. The summed E-state index contributed by atoms with van der Waals surface area (Å²) in [7, 11) is 0. The molecule has 0 aromatic carbocycles. The number of hydrogen-bond acceptors (Lipinski definition) is 39. The van der Waals surface area contributed by atoms with Crippen LogP contribution in [0.15, 0.2) is 0 Å². The van der Waals surface area contributed by atoms with Gasteiger partial charge in [0.05, 0.1) is 51.8 Å². The first-order valence-electron chi connectivity index (χ1n) is 29.9. The van der Waals surface area contributed by atoms with Crippen molar-refractivity contribution in [3.8, 4) is 0 Å². The van der Waals surface area contributed by atoms with Crippen LogP contribution in [0.5, 0.6) is 0 Å². The molecule has 41 nitrogen and oxygen atoms in total. The van der Waals surface area contributed by atoms with Crippen molar-refractivity contribution in [3.05, 3.63) is 0 Å². The average Bonchev–Trinajstić information content (AvgIpc) is 0.773. The molecular weight excluding hydrogens is 1280 g/mol. The lowest BCUT2D eigenvalue weighted by molar-refractivity contribution is -0.394. The van der Waals surface area contributed by atoms with Gasteiger partial charge in [-0.05, 0) is 13.8 Å². The van der Waals surface area contributed by atoms with Crippen molar-refractivity contribution in [1.82, 2.24) is 10.6 Å². The van der Waals surface area contributed by atoms with Gasteiger partial charge in [0, 0.05) is 13.8 Å². The molecule has 0 aromatic heterocycles. The van der Waals surface area contributed by atoms with Crippen LogP contribution in [-0.2, 0) is 80.6 Å². The van der Waals surface area contributed by atoms with Crippen molar-refractivity contribution < 1.29 is 193 Å². The number of amides is 2. The monoisotopic (exact) mass is 1360 g/mol. The summed E-state index contributed by atoms with van der Waals surface area (Å²) >= 11 is 0. The summed E-state index contributed by atoms with van der Waals surface area (Å²) in [6, 6.07) is -3.82. The second kappa shape index (κ2) is 32.6. The maximum absolute atomic E-state index is 13.3. The van der Waals surface area contributed by atoms with Gasteiger partial charge in [-0.3, -0.25) is 9.59 Å². The highest BCUT2D eigenvalue weighted by atomic mass is 16.8. The highest BCUT2D eigenvalue weighted by Gasteiger charge is 2.60. The molecule has 540 valence electrons. The van der Waals surface area contributed by atoms with Gasteiger partial charge in [0.15, 0.2) is 50.3 Å². The van der Waals surface area contributed by atoms with Crippen LogP contribution < -0.4 is 10.6 Å². The van der Waals surface area contributed by atoms with E-state index in [2.05, 4.69) is 10.6 Å². The van der Waals surface area contributed by atoms with Gasteiger partial charge in [-0.25, -0.2) is 0 Å². The van der Waals surface area contributed by atoms with Crippen LogP contribution in [-0.4, -0.2) is 409 Å². The molecule has 8 saturated heterocycles. The van der Waals surface area contributed by atoms with E-state index >= 15 is 0 Å². The predicted molar refractivity (Wildman–Crippen MR) is 285 cm³/mol. The predicted octanol–water partition coefficient (Wildman–Crippen LogP) is -16.1. The highest BCUT2D eigenvalue weighted by Crippen LogP contribution is 2.39. The molecule has 8 fully saturated rings. The molecule has 8 heterocycles. The van der Waals surface area contributed by atoms with E-state index in [-0.39, 0.29) is 0 Å². The van der Waals surface area contributed by atoms with Crippen molar-refractivity contribution in [2.24, 2.45) is 0 Å². The van der Waals surface area contributed by atoms with Gasteiger partial charge in [-0.15, -0.1) is 0 Å². The Hall–Kier alpha value is -2.54. The Kier molecular flexibility index (Phi) is 26.7. The number of carbonyl (C=O) groups excluding carboxylic acids is 2. The standard InChI is InChI=1S/C52H88N2O39/c1-11-23(62)28(67)34(73)48(80-11)89-41-19(9-59)86-47(22(54-14(4)61)43(41)92-51-37(76)31(70)26(65)16(6-56)84-51)93-44-27(66)20(87-52(38(44)77)88-39-17(7-57)82-45(78)33(72)32(39)71)10-79-46-21(53-13(3)60)42(91-49-35(74)29(68)24(63)12(2)81-49)40(18(8-58)85-46)90-50-36(75)30(69)25(64)15(5-55)83-50/h11-12,15-52,55-59,62-78H,5-10H2,1-4H3,(H,53,60)(H,54,61)/t11-,12-,15+,16+,17+,18+,19+,20+,21+,22+,23+,24+,25-,26-,27-,28+,29+,30-,31-,32+,33+,34-,35-,36+,37+,38+,39+,40+,41+,42+,43+,44-,45+,46+,47-,48-,49-,50-,51+,52-/m0/s1. The van der Waals surface area contributed by atoms with Crippen molar-refractivity contribution in [1.29, 1.82) is 0 Å². The van der Waals surface area contributed by atoms with Crippen molar-refractivity contribution in [3.63, 3.8) is 0 Å². The van der Waals surface area contributed by atoms with Crippen molar-refractivity contribution in [2.45, 2.75) is 273 Å². The molecule has 2 amide bonds. The third kappa shape index (κ3) is 16.4. The molecule has 93 heavy (non-hydrogen) atoms. The minimum Gasteiger partial charge on any atom is -0.394 e. The molecule has 24 N–H and O–H groups in total. The van der Waals surface area contributed by atoms with E-state index in [1.807, 2.05) is 0 Å². The van der Waals surface area contributed by atoms with Gasteiger partial charge in [0.25, 0.3) is 0 Å². The van der Waals surface area contributed by atoms with E-state index < -0.39 is 297 Å². The molecule has 0 saturated carbocycles. The normalized spacial score (nSPS) is 51.6. The van der Waals surface area contributed by atoms with Crippen LogP contribution in [0.2, 0.25) is 0 Å². The lowest BCUT2D eigenvalue weighted by Crippen LogP contribution is -2.71. The first-order valence-corrected chi connectivity index (χ1v) is 29.9. The topological polar surface area (TPSA) is 642 Å². The molecule has 0 radical (unpaired) electrons. The highest BCUT2D eigenvalue weighted by molar-refractivity contribution is 5.73. The maximum Gasteiger partial charge on any atom is 0.217 e. The molecule has 0 bridgehead atoms. The zero-order valence-corrected chi connectivity index (χ0v) is 50.1. The zero-order chi connectivity index (χ0) is 68.5. The van der Waals surface area contributed by atoms with Crippen LogP contribution in [0.4, 0.5) is 0 Å². The minimum absolute atomic E-state index is 0.913. The summed E-state index contributed by atoms with van der Waals surface area (Å²) in [5.74, 6) is -1.88. The zero-order valence-electron chi connectivity index (χ0n) is 50.1. The molecule has 8 aliphatic rings. The maximum atomic E-state index is 13.3. The van der Waals surface area contributed by atoms with E-state index in [4.69, 9.17) is 71.1 Å². The van der Waals surface area contributed by atoms with Crippen molar-refractivity contribution in [2.75, 3.05) is 39.6 Å². The average molecular weight is 1370 g/mol. The van der Waals surface area contributed by atoms with Gasteiger partial charge < -0.3 is 194 Å². The fourth-order valence-electron chi connectivity index (χ4n) is 12.1. The van der Waals surface area contributed by atoms with Crippen LogP contribution in [0.25, 0.3) is 0 Å². The van der Waals surface area contributed by atoms with Crippen LogP contribution in [0.1, 0.15) is 27.7 Å². The number of rotatable bonds is 22. The lowest BCUT2D eigenvalue weighted by Gasteiger charge is -2.52. The number of ether oxygens (including phenoxy) is 15. The summed E-state index contributed by atoms with van der Waals surface area (Å²) in [5.41, 5.74) is 0. The SMILES string of the molecule is CC(=O)N[C@H]1[C@H](O[C@H]2[C@@H](O)[C@@H](CO[C@@H]3O[C@H](CO)[C@@H](O[C@@H]4O[C@H](CO)[C@H](O)[C@H](O)[C@H]4O)[C@H](O[C@@H]4O[C@@H](C)[C@@H](O)[C@@H](O)[C@@H]4O)[C@H]3NC(C)=O)O[C@@H](O[C@H]3[C@H](O)[C@@H](O)[C@H](O)O[C@@H]3CO)[C@@H]2O)O[C@H](CO)[C@@H](O[C@@H]2O[C@@H](C)[C@@H](O)[C@@H](O)[C@@H]2O)[C@@H]1O[C@H]1O[C@H](CO)[C@H](O)[C@H](O)[C@H]1O. The smallest absolute Gasteiger partial charge is 0.217 e. The third-order valence-corrected chi connectivity index (χ3v) is 17.4. The largest absolute Gasteiger partial charge is 0.394 e. The van der Waals surface area contributed by atoms with E-state index in [1.54, 1.807) is 0 Å². The first kappa shape index (κ1) is 76.2. The number of hydrogen-bond donors (Lipinski definition) is 24. The minimum atomic E-state index is -2.42. The number of carbonyl (C=O) groups is 2. The summed E-state index contributed by atoms with van der Waals surface area (Å²) in [5, 5.41) is 244. The lowest BCUT2D eigenvalue weighted by atomic mass is 9.93. The summed E-state index contributed by atoms with van der Waals surface area (Å²) in [4.78, 5) is 26.5. The molecular formula is C52H88N2O39. The summed E-state index contributed by atoms with van der Waals surface area (Å²) in [6.45, 7) is -1.88. The van der Waals surface area contributed by atoms with Gasteiger partial charge in [0.1, 0.15) is 183 Å². The van der Waals surface area contributed by atoms with Crippen LogP contribution >= 0.6 is 0 Å². The van der Waals surface area contributed by atoms with Gasteiger partial charge in [-0.1, -0.05) is 0 Å². The fourth-order valence-corrected chi connectivity index (χ4v) is 12.1. The molecule has 40 atom stereocenters. The molecule has 0 unspecified atom stereocenters. The van der Waals surface area contributed by atoms with Gasteiger partial charge >= 0.3 is 0 Å². The van der Waals surface area contributed by atoms with Gasteiger partial charge in [0.2, 0.25) is 11.8 Å². The summed E-state index contributed by atoms with van der Waals surface area (Å²) in [6.07, 6.45) is -75.1. The first-order chi connectivity index (χ1) is 43.9. The Morgan fingerprint density at radius 2 is 0.624 bits per heavy atom. The Labute approximate surface area is 527 Å². The summed E-state index contributed by atoms with van der Waals surface area (Å²) < 4.78 is 89.1. The van der Waals surface area contributed by atoms with Crippen LogP contribution in [0, 0.1) is 0 Å². The van der Waals surface area contributed by atoms with E-state index in [1.165, 1.54) is 13.8 Å². The number of aliphatic hydroxyl groups is 22. The number of aliphatic hydroxyl groups excluding tert-OH is 22. The van der Waals surface area contributed by atoms with Gasteiger partial charge in [-0.2, -0.15) is 0 Å². The third-order valence-electron chi connectivity index (χ3n) is 17.4. The molecule has 8 aliphatic heterocycles. The Balaban J connectivity index is 1.17. The second-order valence-corrected chi connectivity index (χ2v) is 23.9. The van der Waals surface area contributed by atoms with E-state index in [9.17, 15) is 122 Å². The van der Waals surface area contributed by atoms with E-state index in [0.29, 0.717) is 0 Å². The van der Waals surface area contributed by atoms with Crippen LogP contribution in [0.3, 0.4) is 0 Å². The molecule has 8 rings (SSSR count). The van der Waals surface area contributed by atoms with E-state index in [0.717, 1.165) is 13.8 Å². The Morgan fingerprint density at radius 1 is 0.301 bits per heavy atom. The van der Waals surface area contributed by atoms with Crippen molar-refractivity contribution >= 4 is 11.8 Å².